The normalized spacial score (nSPS) is 16.4. The summed E-state index contributed by atoms with van der Waals surface area (Å²) < 4.78 is 0. The van der Waals surface area contributed by atoms with Crippen LogP contribution in [0.25, 0.3) is 0 Å². The van der Waals surface area contributed by atoms with Gasteiger partial charge in [0.25, 0.3) is 0 Å². The number of piperazine rings is 1. The van der Waals surface area contributed by atoms with Gasteiger partial charge in [0.2, 0.25) is 0 Å². The molecule has 1 saturated heterocycles. The highest BCUT2D eigenvalue weighted by molar-refractivity contribution is 5.85. The zero-order valence-electron chi connectivity index (χ0n) is 14.3. The Morgan fingerprint density at radius 3 is 2.68 bits per heavy atom. The number of rotatable bonds is 6. The fourth-order valence-electron chi connectivity index (χ4n) is 3.02. The maximum atomic E-state index is 11.0. The molecule has 2 N–H and O–H groups in total. The second kappa shape index (κ2) is 7.94. The lowest BCUT2D eigenvalue weighted by Gasteiger charge is -2.36. The Balaban J connectivity index is 1.49. The molecule has 1 aliphatic rings. The Labute approximate surface area is 147 Å². The van der Waals surface area contributed by atoms with Crippen LogP contribution in [0.2, 0.25) is 0 Å². The van der Waals surface area contributed by atoms with Crippen LogP contribution in [0.5, 0.6) is 0 Å². The number of carbonyl (C=O) groups is 1. The van der Waals surface area contributed by atoms with Crippen molar-refractivity contribution in [1.82, 2.24) is 14.9 Å². The number of carboxylic acids is 1. The van der Waals surface area contributed by atoms with Crippen LogP contribution < -0.4 is 10.2 Å². The highest BCUT2D eigenvalue weighted by atomic mass is 16.4. The monoisotopic (exact) mass is 341 g/mol. The smallest absolute Gasteiger partial charge is 0.354 e. The molecule has 0 spiro atoms. The van der Waals surface area contributed by atoms with Gasteiger partial charge in [-0.3, -0.25) is 4.90 Å². The predicted molar refractivity (Wildman–Crippen MR) is 97.2 cm³/mol. The van der Waals surface area contributed by atoms with E-state index in [4.69, 9.17) is 5.11 Å². The fourth-order valence-corrected chi connectivity index (χ4v) is 3.02. The van der Waals surface area contributed by atoms with Gasteiger partial charge in [-0.25, -0.2) is 14.8 Å². The Bertz CT molecular complexity index is 702. The lowest BCUT2D eigenvalue weighted by Crippen LogP contribution is -2.49. The number of pyridine rings is 2. The minimum atomic E-state index is -1.01. The summed E-state index contributed by atoms with van der Waals surface area (Å²) in [7, 11) is 0. The third-order valence-electron chi connectivity index (χ3n) is 4.24. The van der Waals surface area contributed by atoms with Crippen molar-refractivity contribution in [3.8, 4) is 0 Å². The molecule has 2 aromatic rings. The molecule has 7 heteroatoms. The zero-order chi connectivity index (χ0) is 17.6. The molecule has 7 nitrogen and oxygen atoms in total. The van der Waals surface area contributed by atoms with E-state index in [1.807, 2.05) is 24.4 Å². The van der Waals surface area contributed by atoms with E-state index in [1.165, 1.54) is 6.07 Å². The summed E-state index contributed by atoms with van der Waals surface area (Å²) >= 11 is 0. The molecule has 2 aromatic heterocycles. The van der Waals surface area contributed by atoms with Gasteiger partial charge in [0.15, 0.2) is 5.69 Å². The summed E-state index contributed by atoms with van der Waals surface area (Å²) in [5.41, 5.74) is 0.0566. The molecule has 132 valence electrons. The number of nitrogens with one attached hydrogen (secondary N) is 1. The highest BCUT2D eigenvalue weighted by Gasteiger charge is 2.19. The van der Waals surface area contributed by atoms with Crippen LogP contribution in [0.3, 0.4) is 0 Å². The first-order chi connectivity index (χ1) is 12.1. The predicted octanol–water partition coefficient (Wildman–Crippen LogP) is 1.80. The van der Waals surface area contributed by atoms with Crippen molar-refractivity contribution in [3.05, 3.63) is 48.3 Å². The summed E-state index contributed by atoms with van der Waals surface area (Å²) in [5.74, 6) is 0.615. The first-order valence-electron chi connectivity index (χ1n) is 8.47. The van der Waals surface area contributed by atoms with E-state index in [0.29, 0.717) is 5.82 Å². The average Bonchev–Trinajstić information content (AvgIpc) is 2.63. The second-order valence-electron chi connectivity index (χ2n) is 6.23. The van der Waals surface area contributed by atoms with E-state index in [1.54, 1.807) is 12.1 Å². The first kappa shape index (κ1) is 17.2. The van der Waals surface area contributed by atoms with Gasteiger partial charge in [0.05, 0.1) is 0 Å². The van der Waals surface area contributed by atoms with E-state index in [9.17, 15) is 4.79 Å². The number of carboxylic acid groups (broad SMARTS) is 1. The molecule has 0 aliphatic carbocycles. The van der Waals surface area contributed by atoms with E-state index in [0.717, 1.165) is 38.5 Å². The average molecular weight is 341 g/mol. The lowest BCUT2D eigenvalue weighted by molar-refractivity contribution is 0.0690. The van der Waals surface area contributed by atoms with Gasteiger partial charge in [-0.05, 0) is 31.2 Å². The van der Waals surface area contributed by atoms with Crippen molar-refractivity contribution in [2.45, 2.75) is 13.0 Å². The zero-order valence-corrected chi connectivity index (χ0v) is 14.3. The Morgan fingerprint density at radius 1 is 1.20 bits per heavy atom. The van der Waals surface area contributed by atoms with Gasteiger partial charge in [0.1, 0.15) is 11.6 Å². The number of nitrogens with zero attached hydrogens (tertiary/aromatic N) is 4. The molecule has 0 aromatic carbocycles. The molecule has 0 amide bonds. The van der Waals surface area contributed by atoms with E-state index in [2.05, 4.69) is 32.0 Å². The van der Waals surface area contributed by atoms with E-state index in [-0.39, 0.29) is 11.7 Å². The summed E-state index contributed by atoms with van der Waals surface area (Å²) in [5, 5.41) is 12.3. The van der Waals surface area contributed by atoms with Crippen molar-refractivity contribution in [2.24, 2.45) is 0 Å². The summed E-state index contributed by atoms with van der Waals surface area (Å²) in [6, 6.07) is 11.2. The minimum Gasteiger partial charge on any atom is -0.477 e. The third kappa shape index (κ3) is 4.67. The second-order valence-corrected chi connectivity index (χ2v) is 6.23. The van der Waals surface area contributed by atoms with Crippen LogP contribution in [0.15, 0.2) is 42.6 Å². The third-order valence-corrected chi connectivity index (χ3v) is 4.24. The number of aromatic nitrogens is 2. The highest BCUT2D eigenvalue weighted by Crippen LogP contribution is 2.13. The molecular weight excluding hydrogens is 318 g/mol. The number of anilines is 2. The lowest BCUT2D eigenvalue weighted by atomic mass is 10.2. The van der Waals surface area contributed by atoms with Crippen LogP contribution in [0.4, 0.5) is 11.6 Å². The van der Waals surface area contributed by atoms with Gasteiger partial charge >= 0.3 is 5.97 Å². The molecule has 0 radical (unpaired) electrons. The van der Waals surface area contributed by atoms with Crippen LogP contribution in [-0.2, 0) is 0 Å². The fraction of sp³-hybridized carbons (Fsp3) is 0.389. The van der Waals surface area contributed by atoms with Gasteiger partial charge in [0, 0.05) is 45.0 Å². The van der Waals surface area contributed by atoms with E-state index >= 15 is 0 Å². The topological polar surface area (TPSA) is 81.6 Å². The standard InChI is InChI=1S/C18H23N5O2/c1-14(20-16-6-4-5-15(21-16)18(24)25)13-22-9-11-23(12-10-22)17-7-2-3-8-19-17/h2-8,14H,9-13H2,1H3,(H,20,21)(H,24,25). The molecular formula is C18H23N5O2. The van der Waals surface area contributed by atoms with Crippen LogP contribution in [0.1, 0.15) is 17.4 Å². The molecule has 0 bridgehead atoms. The van der Waals surface area contributed by atoms with E-state index < -0.39 is 5.97 Å². The Hall–Kier alpha value is -2.67. The summed E-state index contributed by atoms with van der Waals surface area (Å²) in [6.45, 7) is 6.83. The van der Waals surface area contributed by atoms with Crippen LogP contribution >= 0.6 is 0 Å². The van der Waals surface area contributed by atoms with Crippen molar-refractivity contribution >= 4 is 17.6 Å². The largest absolute Gasteiger partial charge is 0.477 e. The molecule has 1 aliphatic heterocycles. The molecule has 3 rings (SSSR count). The molecule has 1 fully saturated rings. The molecule has 3 heterocycles. The number of hydrogen-bond donors (Lipinski definition) is 2. The summed E-state index contributed by atoms with van der Waals surface area (Å²) in [6.07, 6.45) is 1.83. The molecule has 1 atom stereocenters. The van der Waals surface area contributed by atoms with Gasteiger partial charge in [-0.1, -0.05) is 12.1 Å². The Kier molecular flexibility index (Phi) is 5.45. The molecule has 25 heavy (non-hydrogen) atoms. The van der Waals surface area contributed by atoms with Crippen molar-refractivity contribution in [3.63, 3.8) is 0 Å². The Morgan fingerprint density at radius 2 is 2.00 bits per heavy atom. The van der Waals surface area contributed by atoms with Gasteiger partial charge < -0.3 is 15.3 Å². The molecule has 1 unspecified atom stereocenters. The van der Waals surface area contributed by atoms with Crippen LogP contribution in [-0.4, -0.2) is 64.7 Å². The molecule has 0 saturated carbocycles. The SMILES string of the molecule is CC(CN1CCN(c2ccccn2)CC1)Nc1cccc(C(=O)O)n1. The first-order valence-corrected chi connectivity index (χ1v) is 8.47. The van der Waals surface area contributed by atoms with Crippen LogP contribution in [0, 0.1) is 0 Å². The van der Waals surface area contributed by atoms with Crippen molar-refractivity contribution in [2.75, 3.05) is 42.9 Å². The van der Waals surface area contributed by atoms with Crippen molar-refractivity contribution < 1.29 is 9.90 Å². The maximum absolute atomic E-state index is 11.0. The van der Waals surface area contributed by atoms with Gasteiger partial charge in [-0.2, -0.15) is 0 Å². The number of hydrogen-bond acceptors (Lipinski definition) is 6. The maximum Gasteiger partial charge on any atom is 0.354 e. The quantitative estimate of drug-likeness (QED) is 0.829. The van der Waals surface area contributed by atoms with Crippen molar-refractivity contribution in [1.29, 1.82) is 0 Å². The number of aromatic carboxylic acids is 1. The van der Waals surface area contributed by atoms with Gasteiger partial charge in [-0.15, -0.1) is 0 Å². The summed E-state index contributed by atoms with van der Waals surface area (Å²) in [4.78, 5) is 24.2. The minimum absolute atomic E-state index is 0.0566.